The summed E-state index contributed by atoms with van der Waals surface area (Å²) in [6.45, 7) is 11.4. The minimum absolute atomic E-state index is 0.0288. The lowest BCUT2D eigenvalue weighted by Gasteiger charge is -2.38. The second-order valence-electron chi connectivity index (χ2n) is 7.73. The quantitative estimate of drug-likeness (QED) is 0.792. The Morgan fingerprint density at radius 1 is 1.21 bits per heavy atom. The predicted octanol–water partition coefficient (Wildman–Crippen LogP) is 1.77. The largest absolute Gasteiger partial charge is 0.495 e. The van der Waals surface area contributed by atoms with Crippen molar-refractivity contribution < 1.29 is 18.8 Å². The van der Waals surface area contributed by atoms with Gasteiger partial charge in [-0.25, -0.2) is 0 Å². The number of amides is 1. The first-order chi connectivity index (χ1) is 11.1. The predicted molar refractivity (Wildman–Crippen MR) is 93.6 cm³/mol. The van der Waals surface area contributed by atoms with Crippen molar-refractivity contribution in [3.63, 3.8) is 0 Å². The summed E-state index contributed by atoms with van der Waals surface area (Å²) < 4.78 is 17.5. The molecule has 2 fully saturated rings. The van der Waals surface area contributed by atoms with Gasteiger partial charge in [-0.05, 0) is 52.2 Å². The Morgan fingerprint density at radius 3 is 2.33 bits per heavy atom. The van der Waals surface area contributed by atoms with Crippen molar-refractivity contribution in [3.8, 4) is 0 Å². The maximum absolute atomic E-state index is 12.6. The Hall–Kier alpha value is -1.37. The van der Waals surface area contributed by atoms with Gasteiger partial charge in [-0.3, -0.25) is 4.79 Å². The maximum Gasteiger partial charge on any atom is 0.495 e. The number of methoxy groups -OCH3 is 1. The van der Waals surface area contributed by atoms with E-state index in [0.717, 1.165) is 11.0 Å². The van der Waals surface area contributed by atoms with Crippen LogP contribution < -0.4 is 5.46 Å². The van der Waals surface area contributed by atoms with Crippen molar-refractivity contribution in [1.29, 1.82) is 0 Å². The lowest BCUT2D eigenvalue weighted by Crippen LogP contribution is -2.54. The maximum atomic E-state index is 12.6. The highest BCUT2D eigenvalue weighted by Crippen LogP contribution is 2.36. The minimum Gasteiger partial charge on any atom is -0.399 e. The number of carbonyl (C=O) groups is 1. The number of hydrogen-bond acceptors (Lipinski definition) is 4. The fourth-order valence-corrected chi connectivity index (χ4v) is 2.93. The number of aryl methyl sites for hydroxylation is 1. The van der Waals surface area contributed by atoms with Gasteiger partial charge in [0.05, 0.1) is 17.3 Å². The average Bonchev–Trinajstić information content (AvgIpc) is 2.66. The molecule has 1 amide bonds. The lowest BCUT2D eigenvalue weighted by atomic mass is 9.75. The van der Waals surface area contributed by atoms with E-state index in [-0.39, 0.29) is 12.0 Å². The summed E-state index contributed by atoms with van der Waals surface area (Å²) in [4.78, 5) is 14.4. The number of benzene rings is 1. The molecule has 0 atom stereocenters. The van der Waals surface area contributed by atoms with Gasteiger partial charge < -0.3 is 18.9 Å². The molecule has 2 heterocycles. The van der Waals surface area contributed by atoms with E-state index in [1.54, 1.807) is 12.0 Å². The molecule has 2 aliphatic heterocycles. The molecule has 1 aromatic rings. The summed E-state index contributed by atoms with van der Waals surface area (Å²) in [5, 5.41) is 0. The molecule has 0 saturated carbocycles. The molecule has 3 rings (SSSR count). The Balaban J connectivity index is 1.82. The third-order valence-corrected chi connectivity index (χ3v) is 5.50. The van der Waals surface area contributed by atoms with Crippen LogP contribution in [0.3, 0.4) is 0 Å². The fourth-order valence-electron chi connectivity index (χ4n) is 2.93. The summed E-state index contributed by atoms with van der Waals surface area (Å²) in [5.74, 6) is 0.0288. The summed E-state index contributed by atoms with van der Waals surface area (Å²) in [6.07, 6.45) is 0.155. The van der Waals surface area contributed by atoms with Gasteiger partial charge in [0.15, 0.2) is 0 Å². The molecular formula is C18H26BNO4. The highest BCUT2D eigenvalue weighted by atomic mass is 16.7. The number of carbonyl (C=O) groups excluding carboxylic acids is 1. The standard InChI is InChI=1S/C18H26BNO4/c1-12-7-8-13(16(21)20-10-14(11-20)22-6)9-15(12)19-23-17(2,3)18(4,5)24-19/h7-9,14H,10-11H2,1-6H3. The number of nitrogens with zero attached hydrogens (tertiary/aromatic N) is 1. The molecule has 6 heteroatoms. The Bertz CT molecular complexity index is 636. The van der Waals surface area contributed by atoms with Crippen molar-refractivity contribution in [1.82, 2.24) is 4.90 Å². The van der Waals surface area contributed by atoms with Crippen molar-refractivity contribution in [2.45, 2.75) is 51.9 Å². The van der Waals surface area contributed by atoms with E-state index in [0.29, 0.717) is 18.7 Å². The van der Waals surface area contributed by atoms with Gasteiger partial charge in [-0.1, -0.05) is 11.6 Å². The number of hydrogen-bond donors (Lipinski definition) is 0. The molecule has 130 valence electrons. The third-order valence-electron chi connectivity index (χ3n) is 5.50. The number of ether oxygens (including phenoxy) is 1. The zero-order valence-electron chi connectivity index (χ0n) is 15.4. The first-order valence-electron chi connectivity index (χ1n) is 8.43. The van der Waals surface area contributed by atoms with Crippen molar-refractivity contribution >= 4 is 18.5 Å². The zero-order valence-corrected chi connectivity index (χ0v) is 15.4. The van der Waals surface area contributed by atoms with Crippen LogP contribution in [0, 0.1) is 6.92 Å². The summed E-state index contributed by atoms with van der Waals surface area (Å²) in [7, 11) is 1.22. The van der Waals surface area contributed by atoms with Crippen LogP contribution >= 0.6 is 0 Å². The second kappa shape index (κ2) is 5.86. The van der Waals surface area contributed by atoms with Gasteiger partial charge in [0, 0.05) is 25.8 Å². The normalized spacial score (nSPS) is 22.6. The van der Waals surface area contributed by atoms with E-state index in [1.165, 1.54) is 0 Å². The average molecular weight is 331 g/mol. The van der Waals surface area contributed by atoms with E-state index >= 15 is 0 Å². The minimum atomic E-state index is -0.453. The molecule has 0 aromatic heterocycles. The van der Waals surface area contributed by atoms with Crippen LogP contribution in [0.2, 0.25) is 0 Å². The van der Waals surface area contributed by atoms with E-state index in [4.69, 9.17) is 14.0 Å². The van der Waals surface area contributed by atoms with Gasteiger partial charge in [-0.15, -0.1) is 0 Å². The molecule has 24 heavy (non-hydrogen) atoms. The van der Waals surface area contributed by atoms with Crippen LogP contribution in [-0.2, 0) is 14.0 Å². The topological polar surface area (TPSA) is 48.0 Å². The molecule has 0 N–H and O–H groups in total. The van der Waals surface area contributed by atoms with E-state index in [1.807, 2.05) is 52.8 Å². The van der Waals surface area contributed by atoms with Gasteiger partial charge in [0.1, 0.15) is 0 Å². The SMILES string of the molecule is COC1CN(C(=O)c2ccc(C)c(B3OC(C)(C)C(C)(C)O3)c2)C1. The Kier molecular flexibility index (Phi) is 4.27. The van der Waals surface area contributed by atoms with Gasteiger partial charge in [0.25, 0.3) is 5.91 Å². The summed E-state index contributed by atoms with van der Waals surface area (Å²) in [5.41, 5.74) is 1.85. The van der Waals surface area contributed by atoms with Crippen LogP contribution in [0.1, 0.15) is 43.6 Å². The number of likely N-dealkylation sites (tertiary alicyclic amines) is 1. The highest BCUT2D eigenvalue weighted by Gasteiger charge is 2.52. The monoisotopic (exact) mass is 331 g/mol. The molecule has 0 spiro atoms. The van der Waals surface area contributed by atoms with Crippen LogP contribution in [0.4, 0.5) is 0 Å². The van der Waals surface area contributed by atoms with Gasteiger partial charge >= 0.3 is 7.12 Å². The molecule has 1 aromatic carbocycles. The smallest absolute Gasteiger partial charge is 0.399 e. The molecule has 2 aliphatic rings. The highest BCUT2D eigenvalue weighted by molar-refractivity contribution is 6.62. The molecule has 0 radical (unpaired) electrons. The second-order valence-corrected chi connectivity index (χ2v) is 7.73. The van der Waals surface area contributed by atoms with Crippen LogP contribution in [0.25, 0.3) is 0 Å². The number of rotatable bonds is 3. The molecule has 2 saturated heterocycles. The van der Waals surface area contributed by atoms with Crippen molar-refractivity contribution in [2.75, 3.05) is 20.2 Å². The first kappa shape index (κ1) is 17.5. The van der Waals surface area contributed by atoms with Gasteiger partial charge in [-0.2, -0.15) is 0 Å². The molecule has 0 unspecified atom stereocenters. The van der Waals surface area contributed by atoms with Crippen LogP contribution in [0.5, 0.6) is 0 Å². The van der Waals surface area contributed by atoms with E-state index in [9.17, 15) is 4.79 Å². The first-order valence-corrected chi connectivity index (χ1v) is 8.43. The zero-order chi connectivity index (χ0) is 17.7. The van der Waals surface area contributed by atoms with Crippen molar-refractivity contribution in [2.24, 2.45) is 0 Å². The third kappa shape index (κ3) is 2.87. The molecular weight excluding hydrogens is 305 g/mol. The van der Waals surface area contributed by atoms with Crippen LogP contribution in [-0.4, -0.2) is 55.4 Å². The van der Waals surface area contributed by atoms with Crippen LogP contribution in [0.15, 0.2) is 18.2 Å². The molecule has 0 bridgehead atoms. The lowest BCUT2D eigenvalue weighted by molar-refractivity contribution is -0.0191. The molecule has 0 aliphatic carbocycles. The van der Waals surface area contributed by atoms with Gasteiger partial charge in [0.2, 0.25) is 0 Å². The Labute approximate surface area is 144 Å². The fraction of sp³-hybridized carbons (Fsp3) is 0.611. The summed E-state index contributed by atoms with van der Waals surface area (Å²) in [6, 6.07) is 5.73. The Morgan fingerprint density at radius 2 is 1.79 bits per heavy atom. The van der Waals surface area contributed by atoms with E-state index in [2.05, 4.69) is 0 Å². The summed E-state index contributed by atoms with van der Waals surface area (Å²) >= 11 is 0. The van der Waals surface area contributed by atoms with Crippen molar-refractivity contribution in [3.05, 3.63) is 29.3 Å². The van der Waals surface area contributed by atoms with E-state index < -0.39 is 18.3 Å². The molecule has 5 nitrogen and oxygen atoms in total.